The summed E-state index contributed by atoms with van der Waals surface area (Å²) in [5.41, 5.74) is 5.62. The summed E-state index contributed by atoms with van der Waals surface area (Å²) in [6.45, 7) is 6.83. The normalized spacial score (nSPS) is 10.9. The number of unbranched alkanes of at least 4 members (excludes halogenated alkanes) is 1. The number of oxazole rings is 1. The molecular formula is C27H28N2O4. The molecule has 0 unspecified atom stereocenters. The predicted molar refractivity (Wildman–Crippen MR) is 130 cm³/mol. The maximum atomic E-state index is 13.0. The Morgan fingerprint density at radius 3 is 2.67 bits per heavy atom. The van der Waals surface area contributed by atoms with E-state index in [1.807, 2.05) is 50.2 Å². The summed E-state index contributed by atoms with van der Waals surface area (Å²) in [5, 5.41) is 2.95. The topological polar surface area (TPSA) is 73.6 Å². The van der Waals surface area contributed by atoms with E-state index in [1.165, 1.54) is 0 Å². The minimum absolute atomic E-state index is 0.254. The lowest BCUT2D eigenvalue weighted by molar-refractivity contribution is 0.102. The van der Waals surface area contributed by atoms with E-state index in [9.17, 15) is 4.79 Å². The van der Waals surface area contributed by atoms with E-state index in [4.69, 9.17) is 13.9 Å². The van der Waals surface area contributed by atoms with Crippen LogP contribution < -0.4 is 14.8 Å². The highest BCUT2D eigenvalue weighted by Gasteiger charge is 2.15. The van der Waals surface area contributed by atoms with Gasteiger partial charge in [0, 0.05) is 11.1 Å². The standard InChI is InChI=1S/C27H28N2O4/c1-5-6-12-32-21-9-7-8-19(15-21)26(30)28-23-16-20(10-11-24(23)31-4)27-29-22-13-17(2)18(3)14-25(22)33-27/h7-11,13-16H,5-6,12H2,1-4H3,(H,28,30). The Bertz CT molecular complexity index is 1250. The number of fused-ring (bicyclic) bond motifs is 1. The van der Waals surface area contributed by atoms with Crippen molar-refractivity contribution in [1.29, 1.82) is 0 Å². The van der Waals surface area contributed by atoms with Gasteiger partial charge in [-0.2, -0.15) is 0 Å². The van der Waals surface area contributed by atoms with Gasteiger partial charge in [0.05, 0.1) is 19.4 Å². The average Bonchev–Trinajstić information content (AvgIpc) is 3.22. The van der Waals surface area contributed by atoms with Crippen molar-refractivity contribution in [2.45, 2.75) is 33.6 Å². The van der Waals surface area contributed by atoms with Gasteiger partial charge in [0.2, 0.25) is 5.89 Å². The summed E-state index contributed by atoms with van der Waals surface area (Å²) in [7, 11) is 1.57. The van der Waals surface area contributed by atoms with Gasteiger partial charge in [0.15, 0.2) is 5.58 Å². The van der Waals surface area contributed by atoms with E-state index in [0.29, 0.717) is 35.2 Å². The van der Waals surface area contributed by atoms with Crippen LogP contribution in [0, 0.1) is 13.8 Å². The van der Waals surface area contributed by atoms with Gasteiger partial charge < -0.3 is 19.2 Å². The first-order valence-corrected chi connectivity index (χ1v) is 11.1. The first-order valence-electron chi connectivity index (χ1n) is 11.1. The number of carbonyl (C=O) groups excluding carboxylic acids is 1. The molecule has 1 aromatic heterocycles. The number of nitrogens with zero attached hydrogens (tertiary/aromatic N) is 1. The van der Waals surface area contributed by atoms with E-state index in [0.717, 1.165) is 40.6 Å². The van der Waals surface area contributed by atoms with Gasteiger partial charge in [-0.05, 0) is 79.9 Å². The lowest BCUT2D eigenvalue weighted by atomic mass is 10.1. The smallest absolute Gasteiger partial charge is 0.255 e. The maximum absolute atomic E-state index is 13.0. The van der Waals surface area contributed by atoms with Crippen LogP contribution in [0.15, 0.2) is 59.0 Å². The van der Waals surface area contributed by atoms with Crippen LogP contribution in [0.3, 0.4) is 0 Å². The summed E-state index contributed by atoms with van der Waals surface area (Å²) >= 11 is 0. The molecule has 0 saturated carbocycles. The fourth-order valence-electron chi connectivity index (χ4n) is 3.50. The molecule has 1 heterocycles. The molecule has 0 fully saturated rings. The first kappa shape index (κ1) is 22.4. The minimum Gasteiger partial charge on any atom is -0.495 e. The fraction of sp³-hybridized carbons (Fsp3) is 0.259. The van der Waals surface area contributed by atoms with Crippen LogP contribution in [-0.2, 0) is 0 Å². The number of hydrogen-bond acceptors (Lipinski definition) is 5. The molecule has 1 N–H and O–H groups in total. The quantitative estimate of drug-likeness (QED) is 0.312. The number of rotatable bonds is 8. The number of methoxy groups -OCH3 is 1. The second kappa shape index (κ2) is 9.77. The summed E-state index contributed by atoms with van der Waals surface area (Å²) < 4.78 is 17.2. The summed E-state index contributed by atoms with van der Waals surface area (Å²) in [6.07, 6.45) is 2.02. The highest BCUT2D eigenvalue weighted by atomic mass is 16.5. The van der Waals surface area contributed by atoms with Crippen molar-refractivity contribution in [2.75, 3.05) is 19.0 Å². The summed E-state index contributed by atoms with van der Waals surface area (Å²) in [5.74, 6) is 1.45. The zero-order chi connectivity index (χ0) is 23.4. The molecule has 0 aliphatic carbocycles. The first-order chi connectivity index (χ1) is 16.0. The van der Waals surface area contributed by atoms with Gasteiger partial charge >= 0.3 is 0 Å². The second-order valence-corrected chi connectivity index (χ2v) is 8.02. The number of nitrogens with one attached hydrogen (secondary N) is 1. The van der Waals surface area contributed by atoms with Crippen molar-refractivity contribution in [3.8, 4) is 23.0 Å². The van der Waals surface area contributed by atoms with Crippen molar-refractivity contribution in [2.24, 2.45) is 0 Å². The molecule has 6 nitrogen and oxygen atoms in total. The molecule has 0 aliphatic heterocycles. The largest absolute Gasteiger partial charge is 0.495 e. The molecule has 0 aliphatic rings. The summed E-state index contributed by atoms with van der Waals surface area (Å²) in [4.78, 5) is 17.6. The molecule has 33 heavy (non-hydrogen) atoms. The van der Waals surface area contributed by atoms with E-state index >= 15 is 0 Å². The van der Waals surface area contributed by atoms with E-state index in [2.05, 4.69) is 17.2 Å². The molecule has 0 atom stereocenters. The van der Waals surface area contributed by atoms with Crippen LogP contribution in [0.25, 0.3) is 22.6 Å². The zero-order valence-corrected chi connectivity index (χ0v) is 19.4. The van der Waals surface area contributed by atoms with Crippen LogP contribution in [0.4, 0.5) is 5.69 Å². The minimum atomic E-state index is -0.254. The fourth-order valence-corrected chi connectivity index (χ4v) is 3.50. The molecule has 0 spiro atoms. The number of anilines is 1. The number of ether oxygens (including phenoxy) is 2. The third kappa shape index (κ3) is 5.00. The van der Waals surface area contributed by atoms with Crippen LogP contribution >= 0.6 is 0 Å². The van der Waals surface area contributed by atoms with E-state index in [-0.39, 0.29) is 5.91 Å². The predicted octanol–water partition coefficient (Wildman–Crippen LogP) is 6.55. The molecule has 170 valence electrons. The number of carbonyl (C=O) groups is 1. The third-order valence-electron chi connectivity index (χ3n) is 5.56. The highest BCUT2D eigenvalue weighted by molar-refractivity contribution is 6.05. The summed E-state index contributed by atoms with van der Waals surface area (Å²) in [6, 6.07) is 16.6. The molecule has 6 heteroatoms. The van der Waals surface area contributed by atoms with Crippen LogP contribution in [0.1, 0.15) is 41.3 Å². The van der Waals surface area contributed by atoms with Gasteiger partial charge in [-0.3, -0.25) is 4.79 Å². The van der Waals surface area contributed by atoms with Crippen molar-refractivity contribution >= 4 is 22.7 Å². The second-order valence-electron chi connectivity index (χ2n) is 8.02. The van der Waals surface area contributed by atoms with Gasteiger partial charge in [-0.15, -0.1) is 0 Å². The van der Waals surface area contributed by atoms with Crippen LogP contribution in [-0.4, -0.2) is 24.6 Å². The molecule has 4 aromatic rings. The van der Waals surface area contributed by atoms with Gasteiger partial charge in [-0.25, -0.2) is 4.98 Å². The van der Waals surface area contributed by atoms with Gasteiger partial charge in [0.25, 0.3) is 5.91 Å². The van der Waals surface area contributed by atoms with Crippen molar-refractivity contribution in [3.63, 3.8) is 0 Å². The molecule has 4 rings (SSSR count). The lowest BCUT2D eigenvalue weighted by Crippen LogP contribution is -2.13. The Morgan fingerprint density at radius 1 is 1.06 bits per heavy atom. The van der Waals surface area contributed by atoms with E-state index in [1.54, 1.807) is 25.3 Å². The number of aromatic nitrogens is 1. The zero-order valence-electron chi connectivity index (χ0n) is 19.4. The molecule has 0 saturated heterocycles. The number of hydrogen-bond donors (Lipinski definition) is 1. The van der Waals surface area contributed by atoms with Crippen molar-refractivity contribution < 1.29 is 18.7 Å². The maximum Gasteiger partial charge on any atom is 0.255 e. The Kier molecular flexibility index (Phi) is 6.63. The highest BCUT2D eigenvalue weighted by Crippen LogP contribution is 2.33. The van der Waals surface area contributed by atoms with Gasteiger partial charge in [0.1, 0.15) is 17.0 Å². The van der Waals surface area contributed by atoms with Gasteiger partial charge in [-0.1, -0.05) is 19.4 Å². The molecular weight excluding hydrogens is 416 g/mol. The Hall–Kier alpha value is -3.80. The van der Waals surface area contributed by atoms with Crippen molar-refractivity contribution in [3.05, 3.63) is 71.3 Å². The Labute approximate surface area is 193 Å². The lowest BCUT2D eigenvalue weighted by Gasteiger charge is -2.12. The third-order valence-corrected chi connectivity index (χ3v) is 5.56. The Balaban J connectivity index is 1.60. The Morgan fingerprint density at radius 2 is 1.88 bits per heavy atom. The van der Waals surface area contributed by atoms with E-state index < -0.39 is 0 Å². The molecule has 0 bridgehead atoms. The SMILES string of the molecule is CCCCOc1cccc(C(=O)Nc2cc(-c3nc4cc(C)c(C)cc4o3)ccc2OC)c1. The molecule has 3 aromatic carbocycles. The monoisotopic (exact) mass is 444 g/mol. The number of aryl methyl sites for hydroxylation is 2. The van der Waals surface area contributed by atoms with Crippen molar-refractivity contribution in [1.82, 2.24) is 4.98 Å². The average molecular weight is 445 g/mol. The molecule has 1 amide bonds. The van der Waals surface area contributed by atoms with Crippen LogP contribution in [0.5, 0.6) is 11.5 Å². The number of amides is 1. The molecule has 0 radical (unpaired) electrons. The number of benzene rings is 3. The van der Waals surface area contributed by atoms with Crippen LogP contribution in [0.2, 0.25) is 0 Å².